The molecule has 0 aliphatic heterocycles. The van der Waals surface area contributed by atoms with E-state index in [4.69, 9.17) is 0 Å². The van der Waals surface area contributed by atoms with E-state index in [-0.39, 0.29) is 0 Å². The van der Waals surface area contributed by atoms with Gasteiger partial charge in [0, 0.05) is 0 Å². The summed E-state index contributed by atoms with van der Waals surface area (Å²) in [6, 6.07) is 7.92. The predicted octanol–water partition coefficient (Wildman–Crippen LogP) is 4.73. The summed E-state index contributed by atoms with van der Waals surface area (Å²) in [7, 11) is 0. The zero-order valence-electron chi connectivity index (χ0n) is 9.56. The average molecular weight is 212 g/mol. The molecule has 0 fully saturated rings. The molecule has 1 rings (SSSR count). The van der Waals surface area contributed by atoms with Gasteiger partial charge in [0.25, 0.3) is 6.08 Å². The first-order chi connectivity index (χ1) is 7.18. The van der Waals surface area contributed by atoms with Crippen molar-refractivity contribution in [2.75, 3.05) is 0 Å². The number of rotatable bonds is 3. The Labute approximate surface area is 90.6 Å². The molecule has 0 saturated heterocycles. The molecule has 0 bridgehead atoms. The number of allylic oxidation sites excluding steroid dienone is 1. The average Bonchev–Trinajstić information content (AvgIpc) is 2.23. The quantitative estimate of drug-likeness (QED) is 0.679. The summed E-state index contributed by atoms with van der Waals surface area (Å²) < 4.78 is 23.3. The van der Waals surface area contributed by atoms with E-state index in [1.807, 2.05) is 45.0 Å². The van der Waals surface area contributed by atoms with Crippen LogP contribution in [0.3, 0.4) is 0 Å². The molecule has 84 valence electrons. The van der Waals surface area contributed by atoms with Gasteiger partial charge in [-0.1, -0.05) is 43.7 Å². The Hall–Kier alpha value is -1.18. The van der Waals surface area contributed by atoms with E-state index in [0.29, 0.717) is 12.8 Å². The lowest BCUT2D eigenvalue weighted by Crippen LogP contribution is -1.83. The van der Waals surface area contributed by atoms with Crippen LogP contribution in [0.25, 0.3) is 0 Å². The third-order valence-corrected chi connectivity index (χ3v) is 1.85. The summed E-state index contributed by atoms with van der Waals surface area (Å²) in [5.41, 5.74) is 2.29. The number of hydrogen-bond donors (Lipinski definition) is 0. The number of benzene rings is 1. The Morgan fingerprint density at radius 2 is 1.67 bits per heavy atom. The molecule has 0 amide bonds. The van der Waals surface area contributed by atoms with E-state index in [0.717, 1.165) is 11.6 Å². The largest absolute Gasteiger partial charge is 0.266 e. The van der Waals surface area contributed by atoms with Crippen molar-refractivity contribution in [1.82, 2.24) is 0 Å². The zero-order chi connectivity index (χ0) is 11.7. The van der Waals surface area contributed by atoms with Crippen LogP contribution in [0.1, 0.15) is 31.4 Å². The van der Waals surface area contributed by atoms with Gasteiger partial charge < -0.3 is 0 Å². The zero-order valence-corrected chi connectivity index (χ0v) is 9.56. The first-order valence-corrected chi connectivity index (χ1v) is 5.25. The number of hydrogen-bond acceptors (Lipinski definition) is 0. The lowest BCUT2D eigenvalue weighted by atomic mass is 10.1. The smallest absolute Gasteiger partial charge is 0.174 e. The maximum Gasteiger partial charge on any atom is 0.266 e. The Kier molecular flexibility index (Phi) is 7.51. The highest BCUT2D eigenvalue weighted by atomic mass is 19.3. The summed E-state index contributed by atoms with van der Waals surface area (Å²) in [6.45, 7) is 6.00. The van der Waals surface area contributed by atoms with Crippen molar-refractivity contribution < 1.29 is 8.78 Å². The maximum atomic E-state index is 11.7. The molecule has 2 heteroatoms. The molecule has 15 heavy (non-hydrogen) atoms. The van der Waals surface area contributed by atoms with Crippen molar-refractivity contribution in [3.63, 3.8) is 0 Å². The number of aryl methyl sites for hydroxylation is 2. The number of halogens is 2. The van der Waals surface area contributed by atoms with Crippen LogP contribution in [0.4, 0.5) is 8.78 Å². The van der Waals surface area contributed by atoms with E-state index >= 15 is 0 Å². The van der Waals surface area contributed by atoms with Crippen LogP contribution in [0.2, 0.25) is 0 Å². The highest BCUT2D eigenvalue weighted by Crippen LogP contribution is 2.07. The van der Waals surface area contributed by atoms with Crippen molar-refractivity contribution in [1.29, 1.82) is 0 Å². The first-order valence-electron chi connectivity index (χ1n) is 5.25. The van der Waals surface area contributed by atoms with Crippen LogP contribution < -0.4 is 0 Å². The third kappa shape index (κ3) is 6.83. The summed E-state index contributed by atoms with van der Waals surface area (Å²) in [5, 5.41) is 0. The highest BCUT2D eigenvalue weighted by molar-refractivity contribution is 5.21. The van der Waals surface area contributed by atoms with Gasteiger partial charge in [-0.25, -0.2) is 0 Å². The highest BCUT2D eigenvalue weighted by Gasteiger charge is 1.92. The summed E-state index contributed by atoms with van der Waals surface area (Å²) in [6.07, 6.45) is 0.454. The van der Waals surface area contributed by atoms with Crippen molar-refractivity contribution in [2.24, 2.45) is 0 Å². The lowest BCUT2D eigenvalue weighted by Gasteiger charge is -1.98. The van der Waals surface area contributed by atoms with E-state index < -0.39 is 6.08 Å². The predicted molar refractivity (Wildman–Crippen MR) is 61.1 cm³/mol. The standard InChI is InChI=1S/C11H12F2.C2H6/c1-9-5-7-10(8-6-9)3-2-4-11(12)13;1-2/h4-8H,2-3H2,1H3;1-2H3. The SMILES string of the molecule is CC.Cc1ccc(CCC=C(F)F)cc1. The third-order valence-electron chi connectivity index (χ3n) is 1.85. The lowest BCUT2D eigenvalue weighted by molar-refractivity contribution is 0.417. The minimum absolute atomic E-state index is 0.408. The van der Waals surface area contributed by atoms with Gasteiger partial charge in [0.05, 0.1) is 0 Å². The minimum Gasteiger partial charge on any atom is -0.174 e. The molecule has 0 aliphatic rings. The van der Waals surface area contributed by atoms with E-state index in [1.54, 1.807) is 0 Å². The van der Waals surface area contributed by atoms with Crippen molar-refractivity contribution >= 4 is 0 Å². The molecule has 0 aromatic heterocycles. The van der Waals surface area contributed by atoms with Crippen LogP contribution in [0.5, 0.6) is 0 Å². The fraction of sp³-hybridized carbons (Fsp3) is 0.385. The van der Waals surface area contributed by atoms with Crippen LogP contribution >= 0.6 is 0 Å². The molecule has 0 radical (unpaired) electrons. The molecule has 0 nitrogen and oxygen atoms in total. The molecule has 0 heterocycles. The topological polar surface area (TPSA) is 0 Å². The van der Waals surface area contributed by atoms with E-state index in [1.165, 1.54) is 5.56 Å². The first kappa shape index (κ1) is 13.8. The van der Waals surface area contributed by atoms with Gasteiger partial charge in [0.2, 0.25) is 0 Å². The second-order valence-corrected chi connectivity index (χ2v) is 3.02. The van der Waals surface area contributed by atoms with Crippen LogP contribution in [0, 0.1) is 6.92 Å². The van der Waals surface area contributed by atoms with Crippen LogP contribution in [-0.4, -0.2) is 0 Å². The maximum absolute atomic E-state index is 11.7. The molecule has 0 N–H and O–H groups in total. The molecule has 0 aliphatic carbocycles. The monoisotopic (exact) mass is 212 g/mol. The van der Waals surface area contributed by atoms with Crippen molar-refractivity contribution in [3.8, 4) is 0 Å². The van der Waals surface area contributed by atoms with Crippen molar-refractivity contribution in [2.45, 2.75) is 33.6 Å². The van der Waals surface area contributed by atoms with Crippen molar-refractivity contribution in [3.05, 3.63) is 47.5 Å². The summed E-state index contributed by atoms with van der Waals surface area (Å²) in [5.74, 6) is 0. The van der Waals surface area contributed by atoms with Gasteiger partial charge in [-0.2, -0.15) is 8.78 Å². The van der Waals surface area contributed by atoms with Gasteiger partial charge in [-0.05, 0) is 31.4 Å². The van der Waals surface area contributed by atoms with Crippen LogP contribution in [-0.2, 0) is 6.42 Å². The molecule has 0 saturated carbocycles. The summed E-state index contributed by atoms with van der Waals surface area (Å²) in [4.78, 5) is 0. The second-order valence-electron chi connectivity index (χ2n) is 3.02. The molecule has 0 atom stereocenters. The molecular formula is C13H18F2. The van der Waals surface area contributed by atoms with E-state index in [9.17, 15) is 8.78 Å². The molecule has 1 aromatic carbocycles. The summed E-state index contributed by atoms with van der Waals surface area (Å²) >= 11 is 0. The van der Waals surface area contributed by atoms with Gasteiger partial charge in [-0.3, -0.25) is 0 Å². The molecule has 0 unspecified atom stereocenters. The van der Waals surface area contributed by atoms with Gasteiger partial charge in [-0.15, -0.1) is 0 Å². The second kappa shape index (κ2) is 8.16. The van der Waals surface area contributed by atoms with Gasteiger partial charge in [0.15, 0.2) is 0 Å². The minimum atomic E-state index is -1.59. The Balaban J connectivity index is 0.000000921. The fourth-order valence-corrected chi connectivity index (χ4v) is 1.10. The molecular weight excluding hydrogens is 194 g/mol. The van der Waals surface area contributed by atoms with Crippen LogP contribution in [0.15, 0.2) is 36.4 Å². The Bertz CT molecular complexity index is 282. The molecule has 1 aromatic rings. The normalized spacial score (nSPS) is 8.87. The fourth-order valence-electron chi connectivity index (χ4n) is 1.10. The van der Waals surface area contributed by atoms with E-state index in [2.05, 4.69) is 0 Å². The van der Waals surface area contributed by atoms with Gasteiger partial charge in [0.1, 0.15) is 0 Å². The Morgan fingerprint density at radius 3 is 2.13 bits per heavy atom. The Morgan fingerprint density at radius 1 is 1.13 bits per heavy atom. The van der Waals surface area contributed by atoms with Gasteiger partial charge >= 0.3 is 0 Å². The molecule has 0 spiro atoms.